The third kappa shape index (κ3) is 3.85. The van der Waals surface area contributed by atoms with Crippen molar-refractivity contribution in [1.82, 2.24) is 0 Å². The maximum Gasteiger partial charge on any atom is 0.332 e. The largest absolute Gasteiger partial charge is 0.506 e. The molecule has 1 amide bonds. The number of amides is 1. The standard InChI is InChI=1S/C12H16N2O5/c1-3-19-12(17)10(13)11(16)14-8-6-7(18-2)4-5-9(8)15/h4-6,10,15H,3,13H2,1-2H3,(H,14,16). The van der Waals surface area contributed by atoms with Crippen molar-refractivity contribution in [2.75, 3.05) is 19.0 Å². The number of phenolic OH excluding ortho intramolecular Hbond substituents is 1. The first kappa shape index (κ1) is 14.8. The van der Waals surface area contributed by atoms with E-state index in [9.17, 15) is 14.7 Å². The van der Waals surface area contributed by atoms with Crippen molar-refractivity contribution in [2.45, 2.75) is 13.0 Å². The summed E-state index contributed by atoms with van der Waals surface area (Å²) in [6.07, 6.45) is 0. The van der Waals surface area contributed by atoms with Crippen LogP contribution >= 0.6 is 0 Å². The Hall–Kier alpha value is -2.28. The fraction of sp³-hybridized carbons (Fsp3) is 0.333. The number of carbonyl (C=O) groups is 2. The van der Waals surface area contributed by atoms with Crippen LogP contribution in [0.2, 0.25) is 0 Å². The highest BCUT2D eigenvalue weighted by atomic mass is 16.5. The molecule has 0 heterocycles. The van der Waals surface area contributed by atoms with Crippen molar-refractivity contribution >= 4 is 17.6 Å². The Labute approximate surface area is 110 Å². The summed E-state index contributed by atoms with van der Waals surface area (Å²) in [5.74, 6) is -1.33. The molecule has 0 aromatic heterocycles. The Morgan fingerprint density at radius 3 is 2.74 bits per heavy atom. The lowest BCUT2D eigenvalue weighted by Crippen LogP contribution is -2.43. The van der Waals surface area contributed by atoms with E-state index in [1.165, 1.54) is 25.3 Å². The highest BCUT2D eigenvalue weighted by Gasteiger charge is 2.24. The molecule has 0 aliphatic rings. The first-order valence-electron chi connectivity index (χ1n) is 5.59. The second-order valence-corrected chi connectivity index (χ2v) is 3.60. The van der Waals surface area contributed by atoms with Crippen molar-refractivity contribution in [3.8, 4) is 11.5 Å². The zero-order chi connectivity index (χ0) is 14.4. The maximum absolute atomic E-state index is 11.7. The number of aromatic hydroxyl groups is 1. The summed E-state index contributed by atoms with van der Waals surface area (Å²) in [6, 6.07) is 2.83. The minimum absolute atomic E-state index is 0.101. The van der Waals surface area contributed by atoms with Gasteiger partial charge < -0.3 is 25.6 Å². The third-order valence-corrected chi connectivity index (χ3v) is 2.28. The van der Waals surface area contributed by atoms with Gasteiger partial charge in [0, 0.05) is 6.07 Å². The Morgan fingerprint density at radius 1 is 1.47 bits per heavy atom. The van der Waals surface area contributed by atoms with Crippen LogP contribution in [0.1, 0.15) is 6.92 Å². The third-order valence-electron chi connectivity index (χ3n) is 2.28. The van der Waals surface area contributed by atoms with Crippen LogP contribution in [0.3, 0.4) is 0 Å². The van der Waals surface area contributed by atoms with Crippen molar-refractivity contribution in [1.29, 1.82) is 0 Å². The highest BCUT2D eigenvalue weighted by Crippen LogP contribution is 2.27. The zero-order valence-corrected chi connectivity index (χ0v) is 10.7. The molecule has 0 radical (unpaired) electrons. The lowest BCUT2D eigenvalue weighted by atomic mass is 10.2. The number of methoxy groups -OCH3 is 1. The van der Waals surface area contributed by atoms with E-state index in [4.69, 9.17) is 10.5 Å². The molecular formula is C12H16N2O5. The van der Waals surface area contributed by atoms with Crippen molar-refractivity contribution < 1.29 is 24.2 Å². The van der Waals surface area contributed by atoms with E-state index in [0.29, 0.717) is 5.75 Å². The van der Waals surface area contributed by atoms with Crippen LogP contribution in [0.15, 0.2) is 18.2 Å². The minimum Gasteiger partial charge on any atom is -0.506 e. The predicted molar refractivity (Wildman–Crippen MR) is 67.9 cm³/mol. The van der Waals surface area contributed by atoms with Crippen LogP contribution in [0.5, 0.6) is 11.5 Å². The number of carbonyl (C=O) groups excluding carboxylic acids is 2. The topological polar surface area (TPSA) is 111 Å². The molecule has 7 nitrogen and oxygen atoms in total. The summed E-state index contributed by atoms with van der Waals surface area (Å²) in [6.45, 7) is 1.74. The highest BCUT2D eigenvalue weighted by molar-refractivity contribution is 6.08. The first-order valence-corrected chi connectivity index (χ1v) is 5.59. The molecule has 0 saturated carbocycles. The summed E-state index contributed by atoms with van der Waals surface area (Å²) in [4.78, 5) is 23.0. The number of ether oxygens (including phenoxy) is 2. The van der Waals surface area contributed by atoms with Gasteiger partial charge in [-0.2, -0.15) is 0 Å². The number of nitrogens with one attached hydrogen (secondary N) is 1. The number of hydrogen-bond donors (Lipinski definition) is 3. The zero-order valence-electron chi connectivity index (χ0n) is 10.7. The maximum atomic E-state index is 11.7. The molecule has 0 saturated heterocycles. The van der Waals surface area contributed by atoms with E-state index in [2.05, 4.69) is 10.1 Å². The summed E-state index contributed by atoms with van der Waals surface area (Å²) >= 11 is 0. The Morgan fingerprint density at radius 2 is 2.16 bits per heavy atom. The van der Waals surface area contributed by atoms with Crippen LogP contribution in [-0.4, -0.2) is 36.7 Å². The second kappa shape index (κ2) is 6.60. The summed E-state index contributed by atoms with van der Waals surface area (Å²) in [7, 11) is 1.45. The van der Waals surface area contributed by atoms with E-state index >= 15 is 0 Å². The van der Waals surface area contributed by atoms with Crippen molar-refractivity contribution in [3.63, 3.8) is 0 Å². The Bertz CT molecular complexity index is 475. The molecule has 19 heavy (non-hydrogen) atoms. The Balaban J connectivity index is 2.79. The number of esters is 1. The number of phenols is 1. The molecule has 4 N–H and O–H groups in total. The molecule has 1 rings (SSSR count). The summed E-state index contributed by atoms with van der Waals surface area (Å²) < 4.78 is 9.58. The minimum atomic E-state index is -1.45. The smallest absolute Gasteiger partial charge is 0.332 e. The van der Waals surface area contributed by atoms with Gasteiger partial charge in [-0.25, -0.2) is 4.79 Å². The lowest BCUT2D eigenvalue weighted by molar-refractivity contribution is -0.146. The van der Waals surface area contributed by atoms with Crippen LogP contribution in [0, 0.1) is 0 Å². The average Bonchev–Trinajstić information content (AvgIpc) is 2.40. The van der Waals surface area contributed by atoms with E-state index in [1.54, 1.807) is 6.92 Å². The van der Waals surface area contributed by atoms with E-state index in [0.717, 1.165) is 0 Å². The molecule has 0 bridgehead atoms. The van der Waals surface area contributed by atoms with Crippen molar-refractivity contribution in [2.24, 2.45) is 5.73 Å². The SMILES string of the molecule is CCOC(=O)C(N)C(=O)Nc1cc(OC)ccc1O. The molecule has 0 aliphatic carbocycles. The molecule has 0 aliphatic heterocycles. The number of nitrogens with two attached hydrogens (primary N) is 1. The molecule has 0 spiro atoms. The fourth-order valence-corrected chi connectivity index (χ4v) is 1.29. The van der Waals surface area contributed by atoms with Gasteiger partial charge in [-0.1, -0.05) is 0 Å². The summed E-state index contributed by atoms with van der Waals surface area (Å²) in [5.41, 5.74) is 5.52. The van der Waals surface area contributed by atoms with E-state index < -0.39 is 17.9 Å². The number of hydrogen-bond acceptors (Lipinski definition) is 6. The van der Waals surface area contributed by atoms with Gasteiger partial charge in [-0.15, -0.1) is 0 Å². The fourth-order valence-electron chi connectivity index (χ4n) is 1.29. The van der Waals surface area contributed by atoms with Crippen LogP contribution in [0.25, 0.3) is 0 Å². The van der Waals surface area contributed by atoms with Gasteiger partial charge in [-0.05, 0) is 19.1 Å². The van der Waals surface area contributed by atoms with Gasteiger partial charge >= 0.3 is 5.97 Å². The van der Waals surface area contributed by atoms with E-state index in [-0.39, 0.29) is 18.0 Å². The Kier molecular flexibility index (Phi) is 5.13. The monoisotopic (exact) mass is 268 g/mol. The molecule has 0 fully saturated rings. The number of rotatable bonds is 5. The molecular weight excluding hydrogens is 252 g/mol. The van der Waals surface area contributed by atoms with Gasteiger partial charge in [0.1, 0.15) is 11.5 Å². The number of benzene rings is 1. The van der Waals surface area contributed by atoms with Crippen molar-refractivity contribution in [3.05, 3.63) is 18.2 Å². The lowest BCUT2D eigenvalue weighted by Gasteiger charge is -2.12. The first-order chi connectivity index (χ1) is 8.99. The van der Waals surface area contributed by atoms with Crippen LogP contribution in [0.4, 0.5) is 5.69 Å². The second-order valence-electron chi connectivity index (χ2n) is 3.60. The quantitative estimate of drug-likeness (QED) is 0.400. The van der Waals surface area contributed by atoms with Gasteiger partial charge in [0.25, 0.3) is 5.91 Å². The van der Waals surface area contributed by atoms with Crippen LogP contribution in [-0.2, 0) is 14.3 Å². The average molecular weight is 268 g/mol. The molecule has 1 unspecified atom stereocenters. The molecule has 1 aromatic carbocycles. The van der Waals surface area contributed by atoms with Gasteiger partial charge in [0.15, 0.2) is 6.04 Å². The van der Waals surface area contributed by atoms with Gasteiger partial charge in [0.05, 0.1) is 19.4 Å². The van der Waals surface area contributed by atoms with Gasteiger partial charge in [-0.3, -0.25) is 4.79 Å². The molecule has 7 heteroatoms. The summed E-state index contributed by atoms with van der Waals surface area (Å²) in [5, 5.41) is 11.9. The van der Waals surface area contributed by atoms with Crippen LogP contribution < -0.4 is 15.8 Å². The van der Waals surface area contributed by atoms with E-state index in [1.807, 2.05) is 0 Å². The normalized spacial score (nSPS) is 11.5. The predicted octanol–water partition coefficient (Wildman–Crippen LogP) is 0.230. The van der Waals surface area contributed by atoms with Gasteiger partial charge in [0.2, 0.25) is 0 Å². The number of anilines is 1. The molecule has 104 valence electrons. The molecule has 1 atom stereocenters. The molecule has 1 aromatic rings.